The lowest BCUT2D eigenvalue weighted by molar-refractivity contribution is -0.114. The van der Waals surface area contributed by atoms with E-state index in [9.17, 15) is 4.79 Å². The maximum Gasteiger partial charge on any atom is 0.245 e. The normalized spacial score (nSPS) is 13.2. The molecule has 0 aliphatic carbocycles. The summed E-state index contributed by atoms with van der Waals surface area (Å²) in [7, 11) is 0. The quantitative estimate of drug-likeness (QED) is 0.774. The van der Waals surface area contributed by atoms with Crippen LogP contribution in [-0.4, -0.2) is 12.1 Å². The van der Waals surface area contributed by atoms with Gasteiger partial charge >= 0.3 is 0 Å². The third-order valence-electron chi connectivity index (χ3n) is 2.18. The monoisotopic (exact) mass is 222 g/mol. The van der Waals surface area contributed by atoms with Gasteiger partial charge in [-0.25, -0.2) is 0 Å². The molecule has 0 radical (unpaired) electrons. The van der Waals surface area contributed by atoms with Gasteiger partial charge in [0.05, 0.1) is 5.69 Å². The number of carbonyl (C=O) groups excluding carboxylic acids is 1. The van der Waals surface area contributed by atoms with E-state index < -0.39 is 0 Å². The Morgan fingerprint density at radius 3 is 2.80 bits per heavy atom. The number of primary amides is 1. The van der Waals surface area contributed by atoms with Crippen molar-refractivity contribution in [3.05, 3.63) is 41.5 Å². The zero-order valence-corrected chi connectivity index (χ0v) is 8.83. The molecule has 2 N–H and O–H groups in total. The number of carbonyl (C=O) groups is 1. The van der Waals surface area contributed by atoms with Crippen LogP contribution in [-0.2, 0) is 11.2 Å². The first-order valence-electron chi connectivity index (χ1n) is 4.38. The van der Waals surface area contributed by atoms with Crippen LogP contribution in [0.4, 0.5) is 5.69 Å². The summed E-state index contributed by atoms with van der Waals surface area (Å²) in [5.41, 5.74) is 7.76. The average molecular weight is 223 g/mol. The van der Waals surface area contributed by atoms with E-state index in [1.165, 1.54) is 0 Å². The third-order valence-corrected chi connectivity index (χ3v) is 2.18. The van der Waals surface area contributed by atoms with Gasteiger partial charge in [0.1, 0.15) is 0 Å². The molecule has 78 valence electrons. The van der Waals surface area contributed by atoms with Crippen LogP contribution in [0.2, 0.25) is 0 Å². The summed E-state index contributed by atoms with van der Waals surface area (Å²) in [6, 6.07) is 7.72. The van der Waals surface area contributed by atoms with Crippen molar-refractivity contribution < 1.29 is 4.79 Å². The van der Waals surface area contributed by atoms with Gasteiger partial charge in [-0.3, -0.25) is 9.79 Å². The topological polar surface area (TPSA) is 55.5 Å². The molecule has 1 aromatic rings. The highest BCUT2D eigenvalue weighted by atomic mass is 35.5. The smallest absolute Gasteiger partial charge is 0.245 e. The van der Waals surface area contributed by atoms with Crippen LogP contribution in [0, 0.1) is 0 Å². The Hall–Kier alpha value is -1.61. The molecule has 3 nitrogen and oxygen atoms in total. The van der Waals surface area contributed by atoms with Crippen molar-refractivity contribution in [3.63, 3.8) is 0 Å². The summed E-state index contributed by atoms with van der Waals surface area (Å²) in [5, 5.41) is 0. The van der Waals surface area contributed by atoms with Crippen molar-refractivity contribution in [2.24, 2.45) is 10.7 Å². The number of halogens is 1. The van der Waals surface area contributed by atoms with Gasteiger partial charge in [0.2, 0.25) is 5.91 Å². The molecule has 4 heteroatoms. The van der Waals surface area contributed by atoms with E-state index >= 15 is 0 Å². The summed E-state index contributed by atoms with van der Waals surface area (Å²) in [5.74, 6) is -0.381. The first kappa shape index (κ1) is 11.5. The number of nitrogens with two attached hydrogens (primary N) is 1. The van der Waals surface area contributed by atoms with Gasteiger partial charge in [-0.05, 0) is 17.7 Å². The molecule has 1 heterocycles. The average Bonchev–Trinajstić information content (AvgIpc) is 2.39. The van der Waals surface area contributed by atoms with Crippen LogP contribution in [0.1, 0.15) is 5.56 Å². The molecule has 1 aliphatic rings. The highest BCUT2D eigenvalue weighted by Crippen LogP contribution is 2.23. The summed E-state index contributed by atoms with van der Waals surface area (Å²) >= 11 is 0. The number of aliphatic imine (C=N–C) groups is 1. The van der Waals surface area contributed by atoms with E-state index in [0.717, 1.165) is 11.3 Å². The number of hydrogen-bond acceptors (Lipinski definition) is 2. The fraction of sp³-hybridized carbons (Fsp3) is 0.0909. The Balaban J connectivity index is 0.00000112. The maximum absolute atomic E-state index is 11.0. The lowest BCUT2D eigenvalue weighted by Gasteiger charge is -2.03. The van der Waals surface area contributed by atoms with Crippen molar-refractivity contribution in [1.29, 1.82) is 0 Å². The fourth-order valence-electron chi connectivity index (χ4n) is 1.43. The van der Waals surface area contributed by atoms with Crippen molar-refractivity contribution in [1.82, 2.24) is 0 Å². The van der Waals surface area contributed by atoms with E-state index in [0.29, 0.717) is 12.0 Å². The molecule has 0 spiro atoms. The van der Waals surface area contributed by atoms with Crippen molar-refractivity contribution in [2.45, 2.75) is 6.42 Å². The summed E-state index contributed by atoms with van der Waals surface area (Å²) < 4.78 is 0. The molecule has 0 aromatic heterocycles. The lowest BCUT2D eigenvalue weighted by Crippen LogP contribution is -2.15. The molecular formula is C11H11ClN2O. The first-order valence-corrected chi connectivity index (χ1v) is 4.38. The molecular weight excluding hydrogens is 212 g/mol. The Kier molecular flexibility index (Phi) is 3.63. The predicted octanol–water partition coefficient (Wildman–Crippen LogP) is 1.78. The zero-order chi connectivity index (χ0) is 9.97. The second-order valence-electron chi connectivity index (χ2n) is 3.14. The molecule has 0 bridgehead atoms. The molecule has 1 amide bonds. The number of amides is 1. The number of nitrogens with zero attached hydrogens (tertiary/aromatic N) is 1. The lowest BCUT2D eigenvalue weighted by atomic mass is 10.0. The summed E-state index contributed by atoms with van der Waals surface area (Å²) in [6.07, 6.45) is 3.85. The fourth-order valence-corrected chi connectivity index (χ4v) is 1.43. The maximum atomic E-state index is 11.0. The second kappa shape index (κ2) is 4.75. The number of benzene rings is 1. The molecule has 0 fully saturated rings. The molecule has 0 unspecified atom stereocenters. The molecule has 2 rings (SSSR count). The van der Waals surface area contributed by atoms with Gasteiger partial charge in [-0.15, -0.1) is 12.4 Å². The zero-order valence-electron chi connectivity index (χ0n) is 8.01. The first-order chi connectivity index (χ1) is 6.77. The van der Waals surface area contributed by atoms with Crippen molar-refractivity contribution in [3.8, 4) is 0 Å². The molecule has 15 heavy (non-hydrogen) atoms. The SMILES string of the molecule is Cl.NC(=O)C1=CC=Nc2ccccc2C1. The van der Waals surface area contributed by atoms with Crippen LogP contribution in [0.5, 0.6) is 0 Å². The largest absolute Gasteiger partial charge is 0.366 e. The van der Waals surface area contributed by atoms with Gasteiger partial charge in [-0.2, -0.15) is 0 Å². The van der Waals surface area contributed by atoms with E-state index in [2.05, 4.69) is 4.99 Å². The molecule has 0 atom stereocenters. The number of allylic oxidation sites excluding steroid dienone is 1. The molecule has 0 saturated carbocycles. The van der Waals surface area contributed by atoms with Crippen LogP contribution in [0.3, 0.4) is 0 Å². The number of hydrogen-bond donors (Lipinski definition) is 1. The summed E-state index contributed by atoms with van der Waals surface area (Å²) in [4.78, 5) is 15.2. The van der Waals surface area contributed by atoms with Gasteiger partial charge in [0.25, 0.3) is 0 Å². The standard InChI is InChI=1S/C11H10N2O.ClH/c12-11(14)9-5-6-13-10-4-2-1-3-8(10)7-9;/h1-6H,7H2,(H2,12,14);1H. The number of para-hydroxylation sites is 1. The van der Waals surface area contributed by atoms with Crippen molar-refractivity contribution >= 4 is 30.2 Å². The highest BCUT2D eigenvalue weighted by molar-refractivity contribution is 5.97. The third kappa shape index (κ3) is 2.44. The predicted molar refractivity (Wildman–Crippen MR) is 62.8 cm³/mol. The minimum Gasteiger partial charge on any atom is -0.366 e. The molecule has 0 saturated heterocycles. The van der Waals surface area contributed by atoms with Crippen molar-refractivity contribution in [2.75, 3.05) is 0 Å². The number of fused-ring (bicyclic) bond motifs is 1. The van der Waals surface area contributed by atoms with Gasteiger partial charge in [0.15, 0.2) is 0 Å². The van der Waals surface area contributed by atoms with Gasteiger partial charge < -0.3 is 5.73 Å². The van der Waals surface area contributed by atoms with Gasteiger partial charge in [0, 0.05) is 18.2 Å². The van der Waals surface area contributed by atoms with E-state index in [-0.39, 0.29) is 18.3 Å². The van der Waals surface area contributed by atoms with E-state index in [4.69, 9.17) is 5.73 Å². The Bertz CT molecular complexity index is 438. The minimum atomic E-state index is -0.381. The van der Waals surface area contributed by atoms with Crippen LogP contribution >= 0.6 is 12.4 Å². The Morgan fingerprint density at radius 1 is 1.33 bits per heavy atom. The number of rotatable bonds is 1. The van der Waals surface area contributed by atoms with Crippen LogP contribution in [0.25, 0.3) is 0 Å². The second-order valence-corrected chi connectivity index (χ2v) is 3.14. The van der Waals surface area contributed by atoms with Gasteiger partial charge in [-0.1, -0.05) is 18.2 Å². The van der Waals surface area contributed by atoms with E-state index in [1.54, 1.807) is 12.3 Å². The Morgan fingerprint density at radius 2 is 2.07 bits per heavy atom. The highest BCUT2D eigenvalue weighted by Gasteiger charge is 2.10. The molecule has 1 aliphatic heterocycles. The minimum absolute atomic E-state index is 0. The van der Waals surface area contributed by atoms with Crippen LogP contribution in [0.15, 0.2) is 40.9 Å². The summed E-state index contributed by atoms with van der Waals surface area (Å²) in [6.45, 7) is 0. The molecule has 1 aromatic carbocycles. The Labute approximate surface area is 94.1 Å². The van der Waals surface area contributed by atoms with E-state index in [1.807, 2.05) is 24.3 Å². The van der Waals surface area contributed by atoms with Crippen LogP contribution < -0.4 is 5.73 Å².